The number of rotatable bonds is 2. The van der Waals surface area contributed by atoms with Crippen molar-refractivity contribution in [1.29, 1.82) is 0 Å². The van der Waals surface area contributed by atoms with Crippen molar-refractivity contribution >= 4 is 45.9 Å². The van der Waals surface area contributed by atoms with Crippen molar-refractivity contribution in [3.05, 3.63) is 68.8 Å². The third-order valence-corrected chi connectivity index (χ3v) is 6.29. The molecule has 0 fully saturated rings. The zero-order valence-electron chi connectivity index (χ0n) is 16.0. The molecule has 0 aliphatic carbocycles. The smallest absolute Gasteiger partial charge is 0.0598 e. The van der Waals surface area contributed by atoms with E-state index in [9.17, 15) is 0 Å². The summed E-state index contributed by atoms with van der Waals surface area (Å²) in [6.07, 6.45) is 4.41. The van der Waals surface area contributed by atoms with Crippen molar-refractivity contribution in [2.24, 2.45) is 0 Å². The zero-order chi connectivity index (χ0) is 19.1. The predicted molar refractivity (Wildman–Crippen MR) is 118 cm³/mol. The highest BCUT2D eigenvalue weighted by Crippen LogP contribution is 2.32. The number of likely N-dealkylation sites (N-methyl/N-ethyl adjacent to an activating group) is 1. The average molecular weight is 399 g/mol. The highest BCUT2D eigenvalue weighted by Gasteiger charge is 2.20. The first kappa shape index (κ1) is 18.6. The van der Waals surface area contributed by atoms with Crippen LogP contribution in [-0.4, -0.2) is 29.6 Å². The molecule has 27 heavy (non-hydrogen) atoms. The monoisotopic (exact) mass is 398 g/mol. The lowest BCUT2D eigenvalue weighted by Crippen LogP contribution is -2.21. The minimum Gasteiger partial charge on any atom is -0.320 e. The number of benzene rings is 2. The predicted octanol–water partition coefficient (Wildman–Crippen LogP) is 6.30. The molecule has 2 heterocycles. The molecule has 140 valence electrons. The molecule has 0 saturated heterocycles. The Morgan fingerprint density at radius 3 is 2.56 bits per heavy atom. The molecule has 4 rings (SSSR count). The minimum atomic E-state index is 0.590. The van der Waals surface area contributed by atoms with Crippen molar-refractivity contribution in [2.45, 2.75) is 26.7 Å². The SMILES string of the molecule is C/C(=C/n1c2c(c3cc(C)ccc31)CCN(C)CC2)c1ccc(Cl)c(Cl)c1. The van der Waals surface area contributed by atoms with Gasteiger partial charge in [0.1, 0.15) is 0 Å². The second-order valence-corrected chi connectivity index (χ2v) is 8.37. The Hall–Kier alpha value is -1.74. The highest BCUT2D eigenvalue weighted by atomic mass is 35.5. The van der Waals surface area contributed by atoms with Gasteiger partial charge in [0.05, 0.1) is 15.6 Å². The number of hydrogen-bond donors (Lipinski definition) is 0. The van der Waals surface area contributed by atoms with Crippen LogP contribution >= 0.6 is 23.2 Å². The van der Waals surface area contributed by atoms with Crippen LogP contribution in [-0.2, 0) is 12.8 Å². The zero-order valence-corrected chi connectivity index (χ0v) is 17.5. The second kappa shape index (κ2) is 7.35. The summed E-state index contributed by atoms with van der Waals surface area (Å²) in [5, 5.41) is 2.57. The molecule has 2 nitrogen and oxygen atoms in total. The van der Waals surface area contributed by atoms with Gasteiger partial charge in [-0.25, -0.2) is 0 Å². The summed E-state index contributed by atoms with van der Waals surface area (Å²) >= 11 is 12.3. The van der Waals surface area contributed by atoms with Gasteiger partial charge in [0.25, 0.3) is 0 Å². The number of aromatic nitrogens is 1. The van der Waals surface area contributed by atoms with Crippen LogP contribution in [0.4, 0.5) is 0 Å². The molecule has 3 aromatic rings. The third kappa shape index (κ3) is 3.54. The van der Waals surface area contributed by atoms with Gasteiger partial charge in [0.15, 0.2) is 0 Å². The number of nitrogens with zero attached hydrogens (tertiary/aromatic N) is 2. The summed E-state index contributed by atoms with van der Waals surface area (Å²) in [6.45, 7) is 6.50. The largest absolute Gasteiger partial charge is 0.320 e. The van der Waals surface area contributed by atoms with Gasteiger partial charge in [-0.15, -0.1) is 0 Å². The van der Waals surface area contributed by atoms with Crippen molar-refractivity contribution < 1.29 is 0 Å². The van der Waals surface area contributed by atoms with Crippen molar-refractivity contribution in [3.63, 3.8) is 0 Å². The lowest BCUT2D eigenvalue weighted by Gasteiger charge is -2.13. The fourth-order valence-corrected chi connectivity index (χ4v) is 4.26. The number of aryl methyl sites for hydroxylation is 1. The molecule has 0 amide bonds. The topological polar surface area (TPSA) is 8.17 Å². The maximum Gasteiger partial charge on any atom is 0.0598 e. The molecule has 1 aliphatic heterocycles. The van der Waals surface area contributed by atoms with E-state index in [1.54, 1.807) is 0 Å². The average Bonchev–Trinajstić information content (AvgIpc) is 2.78. The molecule has 1 aromatic heterocycles. The highest BCUT2D eigenvalue weighted by molar-refractivity contribution is 6.42. The third-order valence-electron chi connectivity index (χ3n) is 5.55. The Morgan fingerprint density at radius 1 is 1.00 bits per heavy atom. The van der Waals surface area contributed by atoms with Crippen molar-refractivity contribution in [2.75, 3.05) is 20.1 Å². The van der Waals surface area contributed by atoms with E-state index in [0.29, 0.717) is 10.0 Å². The van der Waals surface area contributed by atoms with Gasteiger partial charge in [-0.05, 0) is 68.3 Å². The van der Waals surface area contributed by atoms with Crippen LogP contribution in [0.25, 0.3) is 22.7 Å². The standard InChI is InChI=1S/C23H24Cl2N2/c1-15-4-7-22-19(12-15)18-8-10-26(3)11-9-23(18)27(22)14-16(2)17-5-6-20(24)21(25)13-17/h4-7,12-14H,8-11H2,1-3H3/b16-14-. The number of halogens is 2. The van der Waals surface area contributed by atoms with Crippen LogP contribution in [0.2, 0.25) is 10.0 Å². The van der Waals surface area contributed by atoms with E-state index in [2.05, 4.69) is 54.8 Å². The van der Waals surface area contributed by atoms with Crippen LogP contribution in [0, 0.1) is 6.92 Å². The maximum absolute atomic E-state index is 6.23. The van der Waals surface area contributed by atoms with Crippen molar-refractivity contribution in [3.8, 4) is 0 Å². The molecular weight excluding hydrogens is 375 g/mol. The van der Waals surface area contributed by atoms with Gasteiger partial charge in [-0.1, -0.05) is 40.9 Å². The van der Waals surface area contributed by atoms with Gasteiger partial charge < -0.3 is 9.47 Å². The first-order chi connectivity index (χ1) is 12.9. The van der Waals surface area contributed by atoms with Gasteiger partial charge in [0.2, 0.25) is 0 Å². The molecule has 0 N–H and O–H groups in total. The second-order valence-electron chi connectivity index (χ2n) is 7.56. The summed E-state index contributed by atoms with van der Waals surface area (Å²) in [5.74, 6) is 0. The molecule has 0 saturated carbocycles. The number of allylic oxidation sites excluding steroid dienone is 1. The van der Waals surface area contributed by atoms with E-state index in [-0.39, 0.29) is 0 Å². The Kier molecular flexibility index (Phi) is 5.07. The number of fused-ring (bicyclic) bond motifs is 3. The van der Waals surface area contributed by atoms with Crippen molar-refractivity contribution in [1.82, 2.24) is 9.47 Å². The van der Waals surface area contributed by atoms with Crippen LogP contribution in [0.3, 0.4) is 0 Å². The van der Waals surface area contributed by atoms with E-state index in [4.69, 9.17) is 23.2 Å². The first-order valence-electron chi connectivity index (χ1n) is 9.38. The maximum atomic E-state index is 6.23. The van der Waals surface area contributed by atoms with E-state index in [1.807, 2.05) is 18.2 Å². The minimum absolute atomic E-state index is 0.590. The van der Waals surface area contributed by atoms with Gasteiger partial charge >= 0.3 is 0 Å². The van der Waals surface area contributed by atoms with E-state index in [1.165, 1.54) is 33.3 Å². The fraction of sp³-hybridized carbons (Fsp3) is 0.304. The summed E-state index contributed by atoms with van der Waals surface area (Å²) < 4.78 is 2.39. The molecule has 0 radical (unpaired) electrons. The molecule has 1 aliphatic rings. The summed E-state index contributed by atoms with van der Waals surface area (Å²) in [7, 11) is 2.21. The molecular formula is C23H24Cl2N2. The fourth-order valence-electron chi connectivity index (χ4n) is 3.97. The normalized spacial score (nSPS) is 15.8. The molecule has 0 bridgehead atoms. The Balaban J connectivity index is 1.89. The first-order valence-corrected chi connectivity index (χ1v) is 10.1. The van der Waals surface area contributed by atoms with E-state index < -0.39 is 0 Å². The van der Waals surface area contributed by atoms with Crippen LogP contribution in [0.5, 0.6) is 0 Å². The molecule has 0 atom stereocenters. The Morgan fingerprint density at radius 2 is 1.78 bits per heavy atom. The van der Waals surface area contributed by atoms with E-state index in [0.717, 1.165) is 31.5 Å². The van der Waals surface area contributed by atoms with Crippen LogP contribution in [0.15, 0.2) is 36.4 Å². The molecule has 0 spiro atoms. The summed E-state index contributed by atoms with van der Waals surface area (Å²) in [5.41, 5.74) is 7.79. The Bertz CT molecular complexity index is 1050. The molecule has 2 aromatic carbocycles. The lowest BCUT2D eigenvalue weighted by molar-refractivity contribution is 0.351. The summed E-state index contributed by atoms with van der Waals surface area (Å²) in [6, 6.07) is 12.6. The van der Waals surface area contributed by atoms with Crippen LogP contribution < -0.4 is 0 Å². The Labute approximate surface area is 171 Å². The van der Waals surface area contributed by atoms with Gasteiger partial charge in [-0.3, -0.25) is 0 Å². The molecule has 0 unspecified atom stereocenters. The summed E-state index contributed by atoms with van der Waals surface area (Å²) in [4.78, 5) is 2.42. The molecule has 4 heteroatoms. The quantitative estimate of drug-likeness (QED) is 0.491. The van der Waals surface area contributed by atoms with Crippen LogP contribution in [0.1, 0.15) is 29.3 Å². The van der Waals surface area contributed by atoms with Gasteiger partial charge in [0, 0.05) is 36.8 Å². The van der Waals surface area contributed by atoms with Gasteiger partial charge in [-0.2, -0.15) is 0 Å². The number of hydrogen-bond acceptors (Lipinski definition) is 1. The van der Waals surface area contributed by atoms with E-state index >= 15 is 0 Å². The lowest BCUT2D eigenvalue weighted by atomic mass is 10.1.